The van der Waals surface area contributed by atoms with E-state index in [9.17, 15) is 14.0 Å². The number of halogens is 1. The fourth-order valence-corrected chi connectivity index (χ4v) is 3.48. The van der Waals surface area contributed by atoms with Gasteiger partial charge in [0.2, 0.25) is 5.91 Å². The van der Waals surface area contributed by atoms with Crippen LogP contribution in [0.15, 0.2) is 54.6 Å². The highest BCUT2D eigenvalue weighted by Gasteiger charge is 2.24. The van der Waals surface area contributed by atoms with E-state index in [0.717, 1.165) is 37.1 Å². The number of hydrogen-bond donors (Lipinski definition) is 2. The third kappa shape index (κ3) is 6.08. The lowest BCUT2D eigenvalue weighted by atomic mass is 9.93. The van der Waals surface area contributed by atoms with Crippen molar-refractivity contribution in [3.63, 3.8) is 0 Å². The van der Waals surface area contributed by atoms with Crippen LogP contribution in [0, 0.1) is 11.7 Å². The summed E-state index contributed by atoms with van der Waals surface area (Å²) in [6.45, 7) is 1.73. The van der Waals surface area contributed by atoms with Crippen molar-refractivity contribution >= 4 is 17.6 Å². The van der Waals surface area contributed by atoms with Crippen LogP contribution in [0.4, 0.5) is 14.9 Å². The number of anilines is 1. The maximum atomic E-state index is 13.2. The molecule has 2 aromatic rings. The van der Waals surface area contributed by atoms with E-state index in [0.29, 0.717) is 25.4 Å². The molecular formula is C22H26FN3O2. The number of nitrogens with one attached hydrogen (secondary N) is 2. The smallest absolute Gasteiger partial charge is 0.321 e. The Morgan fingerprint density at radius 1 is 1.11 bits per heavy atom. The Morgan fingerprint density at radius 3 is 2.71 bits per heavy atom. The number of benzene rings is 2. The average Bonchev–Trinajstić information content (AvgIpc) is 2.72. The van der Waals surface area contributed by atoms with Crippen LogP contribution in [0.3, 0.4) is 0 Å². The third-order valence-electron chi connectivity index (χ3n) is 4.99. The highest BCUT2D eigenvalue weighted by Crippen LogP contribution is 2.22. The Bertz CT molecular complexity index is 797. The molecule has 0 aliphatic carbocycles. The Morgan fingerprint density at radius 2 is 1.93 bits per heavy atom. The van der Waals surface area contributed by atoms with E-state index in [1.165, 1.54) is 12.1 Å². The summed E-state index contributed by atoms with van der Waals surface area (Å²) < 4.78 is 13.2. The molecule has 0 radical (unpaired) electrons. The van der Waals surface area contributed by atoms with Crippen LogP contribution in [-0.2, 0) is 11.3 Å². The lowest BCUT2D eigenvalue weighted by Crippen LogP contribution is -2.42. The number of carbonyl (C=O) groups is 2. The van der Waals surface area contributed by atoms with Crippen molar-refractivity contribution in [3.8, 4) is 0 Å². The van der Waals surface area contributed by atoms with E-state index in [1.807, 2.05) is 35.2 Å². The van der Waals surface area contributed by atoms with Crippen LogP contribution < -0.4 is 10.6 Å². The molecule has 0 bridgehead atoms. The monoisotopic (exact) mass is 383 g/mol. The van der Waals surface area contributed by atoms with Gasteiger partial charge in [-0.1, -0.05) is 30.3 Å². The Hall–Kier alpha value is -2.89. The second-order valence-electron chi connectivity index (χ2n) is 7.20. The molecule has 1 fully saturated rings. The number of carbonyl (C=O) groups excluding carboxylic acids is 2. The molecule has 6 heteroatoms. The minimum absolute atomic E-state index is 0.0462. The number of likely N-dealkylation sites (tertiary alicyclic amines) is 1. The van der Waals surface area contributed by atoms with E-state index in [-0.39, 0.29) is 17.8 Å². The fraction of sp³-hybridized carbons (Fsp3) is 0.364. The lowest BCUT2D eigenvalue weighted by molar-refractivity contribution is -0.121. The van der Waals surface area contributed by atoms with E-state index < -0.39 is 0 Å². The number of urea groups is 1. The molecule has 1 aliphatic heterocycles. The Kier molecular flexibility index (Phi) is 7.00. The van der Waals surface area contributed by atoms with E-state index >= 15 is 0 Å². The largest absolute Gasteiger partial charge is 0.352 e. The maximum absolute atomic E-state index is 13.2. The molecule has 1 atom stereocenters. The first-order valence-electron chi connectivity index (χ1n) is 9.72. The molecule has 28 heavy (non-hydrogen) atoms. The predicted molar refractivity (Wildman–Crippen MR) is 107 cm³/mol. The molecule has 3 rings (SSSR count). The fourth-order valence-electron chi connectivity index (χ4n) is 3.48. The van der Waals surface area contributed by atoms with Crippen molar-refractivity contribution in [1.29, 1.82) is 0 Å². The summed E-state index contributed by atoms with van der Waals surface area (Å²) in [4.78, 5) is 26.4. The molecule has 0 spiro atoms. The van der Waals surface area contributed by atoms with E-state index in [2.05, 4.69) is 10.6 Å². The van der Waals surface area contributed by atoms with Gasteiger partial charge >= 0.3 is 6.03 Å². The van der Waals surface area contributed by atoms with Crippen molar-refractivity contribution in [2.45, 2.75) is 32.2 Å². The van der Waals surface area contributed by atoms with Crippen molar-refractivity contribution < 1.29 is 14.0 Å². The summed E-state index contributed by atoms with van der Waals surface area (Å²) in [5.74, 6) is -0.0341. The number of para-hydroxylation sites is 1. The molecule has 2 aromatic carbocycles. The molecular weight excluding hydrogens is 357 g/mol. The van der Waals surface area contributed by atoms with Gasteiger partial charge in [0.15, 0.2) is 0 Å². The van der Waals surface area contributed by atoms with Crippen molar-refractivity contribution in [2.75, 3.05) is 18.4 Å². The SMILES string of the molecule is O=C(CC[C@H]1CCCN(C(=O)Nc2ccccc2)C1)NCc1cccc(F)c1. The zero-order valence-corrected chi connectivity index (χ0v) is 15.9. The zero-order chi connectivity index (χ0) is 19.8. The molecule has 1 heterocycles. The zero-order valence-electron chi connectivity index (χ0n) is 15.9. The molecule has 0 aromatic heterocycles. The van der Waals surface area contributed by atoms with Gasteiger partial charge in [-0.2, -0.15) is 0 Å². The average molecular weight is 383 g/mol. The lowest BCUT2D eigenvalue weighted by Gasteiger charge is -2.32. The van der Waals surface area contributed by atoms with Gasteiger partial charge in [-0.15, -0.1) is 0 Å². The Labute approximate surface area is 164 Å². The summed E-state index contributed by atoms with van der Waals surface area (Å²) in [7, 11) is 0. The highest BCUT2D eigenvalue weighted by atomic mass is 19.1. The molecule has 1 aliphatic rings. The quantitative estimate of drug-likeness (QED) is 0.787. The second-order valence-corrected chi connectivity index (χ2v) is 7.20. The number of amides is 3. The minimum atomic E-state index is -0.303. The van der Waals surface area contributed by atoms with Crippen LogP contribution in [0.25, 0.3) is 0 Å². The van der Waals surface area contributed by atoms with Crippen molar-refractivity contribution in [3.05, 3.63) is 66.0 Å². The first kappa shape index (κ1) is 19.9. The van der Waals surface area contributed by atoms with Gasteiger partial charge in [0.25, 0.3) is 0 Å². The van der Waals surface area contributed by atoms with Gasteiger partial charge in [0.05, 0.1) is 0 Å². The summed E-state index contributed by atoms with van der Waals surface area (Å²) in [6.07, 6.45) is 3.11. The second kappa shape index (κ2) is 9.88. The minimum Gasteiger partial charge on any atom is -0.352 e. The van der Waals surface area contributed by atoms with Gasteiger partial charge in [-0.3, -0.25) is 4.79 Å². The molecule has 3 amide bonds. The summed E-state index contributed by atoms with van der Waals surface area (Å²) in [5.41, 5.74) is 1.53. The predicted octanol–water partition coefficient (Wildman–Crippen LogP) is 4.17. The molecule has 0 saturated carbocycles. The number of piperidine rings is 1. The van der Waals surface area contributed by atoms with Crippen LogP contribution in [-0.4, -0.2) is 29.9 Å². The van der Waals surface area contributed by atoms with E-state index in [1.54, 1.807) is 12.1 Å². The van der Waals surface area contributed by atoms with Gasteiger partial charge in [-0.25, -0.2) is 9.18 Å². The van der Waals surface area contributed by atoms with Crippen LogP contribution >= 0.6 is 0 Å². The van der Waals surface area contributed by atoms with Crippen LogP contribution in [0.1, 0.15) is 31.2 Å². The highest BCUT2D eigenvalue weighted by molar-refractivity contribution is 5.89. The van der Waals surface area contributed by atoms with Crippen LogP contribution in [0.5, 0.6) is 0 Å². The number of hydrogen-bond acceptors (Lipinski definition) is 2. The molecule has 148 valence electrons. The number of rotatable bonds is 6. The molecule has 0 unspecified atom stereocenters. The normalized spacial score (nSPS) is 16.5. The maximum Gasteiger partial charge on any atom is 0.321 e. The Balaban J connectivity index is 1.40. The van der Waals surface area contributed by atoms with Crippen LogP contribution in [0.2, 0.25) is 0 Å². The molecule has 5 nitrogen and oxygen atoms in total. The summed E-state index contributed by atoms with van der Waals surface area (Å²) in [5, 5.41) is 5.75. The van der Waals surface area contributed by atoms with Gasteiger partial charge < -0.3 is 15.5 Å². The number of nitrogens with zero attached hydrogens (tertiary/aromatic N) is 1. The molecule has 2 N–H and O–H groups in total. The van der Waals surface area contributed by atoms with E-state index in [4.69, 9.17) is 0 Å². The van der Waals surface area contributed by atoms with Gasteiger partial charge in [0.1, 0.15) is 5.82 Å². The topological polar surface area (TPSA) is 61.4 Å². The first-order valence-corrected chi connectivity index (χ1v) is 9.72. The molecule has 1 saturated heterocycles. The van der Waals surface area contributed by atoms with Crippen molar-refractivity contribution in [2.24, 2.45) is 5.92 Å². The van der Waals surface area contributed by atoms with Gasteiger partial charge in [-0.05, 0) is 55.0 Å². The summed E-state index contributed by atoms with van der Waals surface area (Å²) >= 11 is 0. The standard InChI is InChI=1S/C22H26FN3O2/c23-19-8-4-6-18(14-19)15-24-21(27)12-11-17-7-5-13-26(16-17)22(28)25-20-9-2-1-3-10-20/h1-4,6,8-10,14,17H,5,7,11-13,15-16H2,(H,24,27)(H,25,28)/t17-/m1/s1. The summed E-state index contributed by atoms with van der Waals surface area (Å²) in [6, 6.07) is 15.5. The van der Waals surface area contributed by atoms with Crippen molar-refractivity contribution in [1.82, 2.24) is 10.2 Å². The third-order valence-corrected chi connectivity index (χ3v) is 4.99. The first-order chi connectivity index (χ1) is 13.6. The van der Waals surface area contributed by atoms with Gasteiger partial charge in [0, 0.05) is 31.7 Å².